The lowest BCUT2D eigenvalue weighted by Crippen LogP contribution is -2.18. The molecule has 0 saturated carbocycles. The number of carbonyl (C=O) groups excluding carboxylic acids is 1. The van der Waals surface area contributed by atoms with E-state index in [0.29, 0.717) is 34.9 Å². The maximum Gasteiger partial charge on any atom is 0.272 e. The van der Waals surface area contributed by atoms with Crippen molar-refractivity contribution in [2.24, 2.45) is 0 Å². The molecule has 0 fully saturated rings. The normalized spacial score (nSPS) is 11.6. The molecule has 11 heteroatoms. The van der Waals surface area contributed by atoms with Crippen LogP contribution in [0.3, 0.4) is 0 Å². The number of nitrogens with one attached hydrogen (secondary N) is 2. The molecule has 4 rings (SSSR count). The lowest BCUT2D eigenvalue weighted by atomic mass is 9.96. The zero-order chi connectivity index (χ0) is 25.7. The van der Waals surface area contributed by atoms with Crippen molar-refractivity contribution in [3.8, 4) is 17.0 Å². The quantitative estimate of drug-likeness (QED) is 0.325. The van der Waals surface area contributed by atoms with Gasteiger partial charge in [-0.05, 0) is 24.6 Å². The van der Waals surface area contributed by atoms with Gasteiger partial charge in [0.2, 0.25) is 0 Å². The summed E-state index contributed by atoms with van der Waals surface area (Å²) in [4.78, 5) is 29.6. The molecule has 0 radical (unpaired) electrons. The summed E-state index contributed by atoms with van der Waals surface area (Å²) in [6.45, 7) is 3.61. The average Bonchev–Trinajstić information content (AvgIpc) is 2.90. The summed E-state index contributed by atoms with van der Waals surface area (Å²) >= 11 is 0. The Morgan fingerprint density at radius 2 is 1.92 bits per heavy atom. The average molecular weight is 527 g/mol. The molecule has 4 aromatic rings. The number of para-hydroxylation sites is 1. The predicted octanol–water partition coefficient (Wildman–Crippen LogP) is 4.73. The molecule has 0 spiro atoms. The van der Waals surface area contributed by atoms with E-state index in [9.17, 15) is 13.6 Å². The van der Waals surface area contributed by atoms with Crippen LogP contribution in [0.2, 0.25) is 0 Å². The molecule has 0 aliphatic carbocycles. The third-order valence-corrected chi connectivity index (χ3v) is 5.76. The van der Waals surface area contributed by atoms with E-state index in [1.54, 1.807) is 44.6 Å². The summed E-state index contributed by atoms with van der Waals surface area (Å²) in [5.41, 5.74) is 4.08. The number of benzene rings is 1. The van der Waals surface area contributed by atoms with Crippen molar-refractivity contribution >= 4 is 36.1 Å². The van der Waals surface area contributed by atoms with Crippen molar-refractivity contribution in [3.05, 3.63) is 71.9 Å². The van der Waals surface area contributed by atoms with Crippen LogP contribution in [0.25, 0.3) is 22.2 Å². The van der Waals surface area contributed by atoms with Crippen molar-refractivity contribution in [3.63, 3.8) is 0 Å². The highest BCUT2D eigenvalue weighted by Gasteiger charge is 2.16. The fourth-order valence-electron chi connectivity index (χ4n) is 3.86. The lowest BCUT2D eigenvalue weighted by Gasteiger charge is -2.16. The number of alkyl halides is 2. The minimum atomic E-state index is -2.57. The Morgan fingerprint density at radius 3 is 2.68 bits per heavy atom. The maximum atomic E-state index is 12.6. The molecule has 0 aliphatic rings. The van der Waals surface area contributed by atoms with Crippen LogP contribution < -0.4 is 15.4 Å². The molecule has 0 saturated heterocycles. The minimum Gasteiger partial charge on any atom is -0.486 e. The van der Waals surface area contributed by atoms with Crippen LogP contribution >= 0.6 is 13.5 Å². The monoisotopic (exact) mass is 526 g/mol. The summed E-state index contributed by atoms with van der Waals surface area (Å²) in [7, 11) is 1.60. The predicted molar refractivity (Wildman–Crippen MR) is 144 cm³/mol. The number of halogens is 2. The molecule has 1 amide bonds. The number of nitrogens with zero attached hydrogens (tertiary/aromatic N) is 4. The Bertz CT molecular complexity index is 1390. The van der Waals surface area contributed by atoms with Crippen molar-refractivity contribution in [2.75, 3.05) is 25.5 Å². The Hall–Kier alpha value is -3.86. The van der Waals surface area contributed by atoms with E-state index in [0.717, 1.165) is 16.5 Å². The van der Waals surface area contributed by atoms with Crippen LogP contribution in [0.1, 0.15) is 34.5 Å². The summed E-state index contributed by atoms with van der Waals surface area (Å²) in [5, 5.41) is 6.78. The largest absolute Gasteiger partial charge is 0.486 e. The Kier molecular flexibility index (Phi) is 9.29. The van der Waals surface area contributed by atoms with Gasteiger partial charge in [-0.15, -0.1) is 0 Å². The summed E-state index contributed by atoms with van der Waals surface area (Å²) < 4.78 is 30.3. The van der Waals surface area contributed by atoms with Gasteiger partial charge in [0.25, 0.3) is 12.3 Å². The summed E-state index contributed by atoms with van der Waals surface area (Å²) in [6, 6.07) is 10.9. The molecular weight excluding hydrogens is 498 g/mol. The fourth-order valence-corrected chi connectivity index (χ4v) is 3.86. The van der Waals surface area contributed by atoms with Crippen LogP contribution in [-0.4, -0.2) is 52.5 Å². The van der Waals surface area contributed by atoms with Crippen LogP contribution in [0, 0.1) is 6.92 Å². The molecule has 8 nitrogen and oxygen atoms in total. The van der Waals surface area contributed by atoms with Crippen LogP contribution in [-0.2, 0) is 0 Å². The van der Waals surface area contributed by atoms with E-state index >= 15 is 0 Å². The van der Waals surface area contributed by atoms with E-state index in [4.69, 9.17) is 4.74 Å². The molecule has 0 bridgehead atoms. The first-order valence-electron chi connectivity index (χ1n) is 11.4. The lowest BCUT2D eigenvalue weighted by molar-refractivity contribution is 0.0814. The number of aryl methyl sites for hydroxylation is 1. The van der Waals surface area contributed by atoms with Crippen molar-refractivity contribution in [1.82, 2.24) is 25.3 Å². The number of ether oxygens (including phenoxy) is 1. The van der Waals surface area contributed by atoms with E-state index in [2.05, 4.69) is 37.5 Å². The van der Waals surface area contributed by atoms with E-state index in [1.165, 1.54) is 6.33 Å². The summed E-state index contributed by atoms with van der Waals surface area (Å²) in [6.07, 6.45) is 2.11. The van der Waals surface area contributed by atoms with Gasteiger partial charge in [-0.25, -0.2) is 18.7 Å². The van der Waals surface area contributed by atoms with Gasteiger partial charge in [0, 0.05) is 48.9 Å². The highest BCUT2D eigenvalue weighted by Crippen LogP contribution is 2.28. The van der Waals surface area contributed by atoms with Gasteiger partial charge in [0.05, 0.1) is 22.5 Å². The second-order valence-corrected chi connectivity index (χ2v) is 8.26. The molecule has 2 N–H and O–H groups in total. The van der Waals surface area contributed by atoms with Gasteiger partial charge in [-0.2, -0.15) is 13.5 Å². The number of aromatic nitrogens is 4. The maximum absolute atomic E-state index is 12.6. The molecule has 1 atom stereocenters. The van der Waals surface area contributed by atoms with Crippen LogP contribution in [0.5, 0.6) is 5.75 Å². The Balaban J connectivity index is 0.00000380. The highest BCUT2D eigenvalue weighted by molar-refractivity contribution is 7.59. The SMILES string of the molecule is CNC(=O)c1ccnc2c([C@H](C)CNc3cc(-c4cnc(C)c(OCC(F)F)c4)ncn3)cccc12.S. The zero-order valence-electron chi connectivity index (χ0n) is 20.6. The second-order valence-electron chi connectivity index (χ2n) is 8.26. The molecule has 1 aromatic carbocycles. The van der Waals surface area contributed by atoms with Gasteiger partial charge < -0.3 is 15.4 Å². The van der Waals surface area contributed by atoms with Crippen molar-refractivity contribution < 1.29 is 18.3 Å². The second kappa shape index (κ2) is 12.4. The van der Waals surface area contributed by atoms with Crippen LogP contribution in [0.4, 0.5) is 14.6 Å². The molecule has 0 aliphatic heterocycles. The van der Waals surface area contributed by atoms with Gasteiger partial charge >= 0.3 is 0 Å². The molecular formula is C26H28F2N6O2S. The van der Waals surface area contributed by atoms with E-state index < -0.39 is 13.0 Å². The third kappa shape index (κ3) is 6.48. The smallest absolute Gasteiger partial charge is 0.272 e. The fraction of sp³-hybridized carbons (Fsp3) is 0.269. The third-order valence-electron chi connectivity index (χ3n) is 5.76. The molecule has 37 heavy (non-hydrogen) atoms. The number of rotatable bonds is 9. The topological polar surface area (TPSA) is 102 Å². The molecule has 3 heterocycles. The van der Waals surface area contributed by atoms with Gasteiger partial charge in [-0.1, -0.05) is 25.1 Å². The number of hydrogen-bond donors (Lipinski definition) is 2. The molecule has 0 unspecified atom stereocenters. The number of hydrogen-bond acceptors (Lipinski definition) is 7. The highest BCUT2D eigenvalue weighted by atomic mass is 32.1. The van der Waals surface area contributed by atoms with Gasteiger partial charge in [-0.3, -0.25) is 14.8 Å². The first-order chi connectivity index (χ1) is 17.4. The standard InChI is InChI=1S/C26H26F2N6O2.H2S/c1-15(18-5-4-6-19-20(26(35)29-3)7-8-30-25(18)19)11-32-24-10-21(33-14-34-24)17-9-22(16(2)31-12-17)36-13-23(27)28;/h4-10,12,14-15,23H,11,13H2,1-3H3,(H,29,35)(H,32,33,34);1H2/t15-;/m1./s1. The number of amides is 1. The molecule has 194 valence electrons. The molecule has 3 aromatic heterocycles. The Labute approximate surface area is 220 Å². The number of carbonyl (C=O) groups is 1. The van der Waals surface area contributed by atoms with Gasteiger partial charge in [0.15, 0.2) is 0 Å². The van der Waals surface area contributed by atoms with Gasteiger partial charge in [0.1, 0.15) is 24.5 Å². The first-order valence-corrected chi connectivity index (χ1v) is 11.4. The first kappa shape index (κ1) is 27.7. The van der Waals surface area contributed by atoms with E-state index in [1.807, 2.05) is 18.2 Å². The Morgan fingerprint density at radius 1 is 1.11 bits per heavy atom. The minimum absolute atomic E-state index is 0. The van der Waals surface area contributed by atoms with Crippen molar-refractivity contribution in [2.45, 2.75) is 26.2 Å². The zero-order valence-corrected chi connectivity index (χ0v) is 21.6. The number of anilines is 1. The van der Waals surface area contributed by atoms with Crippen molar-refractivity contribution in [1.29, 1.82) is 0 Å². The van der Waals surface area contributed by atoms with E-state index in [-0.39, 0.29) is 31.1 Å². The number of pyridine rings is 2. The summed E-state index contributed by atoms with van der Waals surface area (Å²) in [5.74, 6) is 0.776. The number of fused-ring (bicyclic) bond motifs is 1. The van der Waals surface area contributed by atoms with Crippen LogP contribution in [0.15, 0.2) is 55.1 Å².